The minimum Gasteiger partial charge on any atom is -0.369 e. The molecule has 0 saturated heterocycles. The number of fused-ring (bicyclic) bond motifs is 1. The lowest BCUT2D eigenvalue weighted by Crippen LogP contribution is -2.50. The molecular weight excluding hydrogens is 314 g/mol. The van der Waals surface area contributed by atoms with E-state index < -0.39 is 17.3 Å². The number of anilines is 1. The quantitative estimate of drug-likeness (QED) is 0.708. The highest BCUT2D eigenvalue weighted by Crippen LogP contribution is 2.39. The van der Waals surface area contributed by atoms with Gasteiger partial charge in [0.05, 0.1) is 5.69 Å². The lowest BCUT2D eigenvalue weighted by atomic mass is 9.80. The summed E-state index contributed by atoms with van der Waals surface area (Å²) in [6.45, 7) is 0. The molecule has 3 aromatic rings. The van der Waals surface area contributed by atoms with Gasteiger partial charge in [-0.25, -0.2) is 0 Å². The zero-order valence-corrected chi connectivity index (χ0v) is 13.3. The number of para-hydroxylation sites is 1. The number of Topliss-reactive ketones (excluding diaryl/α,β-unsaturated/α-hetero) is 1. The van der Waals surface area contributed by atoms with Crippen molar-refractivity contribution in [3.63, 3.8) is 0 Å². The first-order valence-corrected chi connectivity index (χ1v) is 7.95. The summed E-state index contributed by atoms with van der Waals surface area (Å²) >= 11 is 0. The second-order valence-corrected chi connectivity index (χ2v) is 5.95. The van der Waals surface area contributed by atoms with E-state index in [-0.39, 0.29) is 5.56 Å². The Balaban J connectivity index is 1.89. The molecule has 1 amide bonds. The molecule has 0 radical (unpaired) electrons. The Morgan fingerprint density at radius 2 is 1.32 bits per heavy atom. The Hall–Kier alpha value is -3.24. The summed E-state index contributed by atoms with van der Waals surface area (Å²) in [6.07, 6.45) is 0. The molecule has 1 heterocycles. The van der Waals surface area contributed by atoms with Crippen LogP contribution in [0.4, 0.5) is 5.69 Å². The minimum absolute atomic E-state index is 0.258. The molecule has 0 aromatic heterocycles. The maximum atomic E-state index is 13.0. The largest absolute Gasteiger partial charge is 0.369 e. The van der Waals surface area contributed by atoms with Crippen molar-refractivity contribution in [3.05, 3.63) is 90.0 Å². The van der Waals surface area contributed by atoms with E-state index in [0.717, 1.165) is 11.1 Å². The van der Waals surface area contributed by atoms with Crippen molar-refractivity contribution in [1.82, 2.24) is 0 Å². The first-order valence-electron chi connectivity index (χ1n) is 7.95. The van der Waals surface area contributed by atoms with Gasteiger partial charge in [-0.05, 0) is 11.6 Å². The number of carbonyl (C=O) groups is 2. The maximum Gasteiger partial charge on any atom is 0.269 e. The van der Waals surface area contributed by atoms with Crippen molar-refractivity contribution in [2.45, 2.75) is 5.60 Å². The molecule has 3 aromatic carbocycles. The fraction of sp³-hybridized carbons (Fsp3) is 0.0476. The molecule has 2 N–H and O–H groups in total. The van der Waals surface area contributed by atoms with E-state index >= 15 is 0 Å². The summed E-state index contributed by atoms with van der Waals surface area (Å²) in [4.78, 5) is 25.7. The third-order valence-electron chi connectivity index (χ3n) is 4.48. The number of hydrogen-bond acceptors (Lipinski definition) is 3. The highest BCUT2D eigenvalue weighted by atomic mass is 16.3. The highest BCUT2D eigenvalue weighted by molar-refractivity contribution is 6.27. The molecule has 0 unspecified atom stereocenters. The second kappa shape index (κ2) is 5.69. The van der Waals surface area contributed by atoms with Crippen molar-refractivity contribution in [2.24, 2.45) is 0 Å². The van der Waals surface area contributed by atoms with Crippen LogP contribution >= 0.6 is 0 Å². The van der Waals surface area contributed by atoms with Crippen LogP contribution < -0.4 is 5.32 Å². The Labute approximate surface area is 144 Å². The van der Waals surface area contributed by atoms with Crippen LogP contribution in [0.2, 0.25) is 0 Å². The van der Waals surface area contributed by atoms with E-state index in [1.165, 1.54) is 0 Å². The molecule has 4 heteroatoms. The number of rotatable bonds is 2. The van der Waals surface area contributed by atoms with Gasteiger partial charge in [0.2, 0.25) is 11.4 Å². The van der Waals surface area contributed by atoms with E-state index in [1.54, 1.807) is 42.5 Å². The Morgan fingerprint density at radius 1 is 0.720 bits per heavy atom. The molecule has 1 atom stereocenters. The number of carbonyl (C=O) groups excluding carboxylic acids is 2. The van der Waals surface area contributed by atoms with Crippen LogP contribution in [0.25, 0.3) is 11.1 Å². The van der Waals surface area contributed by atoms with Gasteiger partial charge in [0.1, 0.15) is 0 Å². The van der Waals surface area contributed by atoms with Gasteiger partial charge in [-0.3, -0.25) is 9.59 Å². The lowest BCUT2D eigenvalue weighted by molar-refractivity contribution is -0.130. The summed E-state index contributed by atoms with van der Waals surface area (Å²) in [5, 5.41) is 13.7. The summed E-state index contributed by atoms with van der Waals surface area (Å²) in [6, 6.07) is 23.0. The fourth-order valence-electron chi connectivity index (χ4n) is 3.18. The number of nitrogens with one attached hydrogen (secondary N) is 1. The van der Waals surface area contributed by atoms with Crippen molar-refractivity contribution in [3.8, 4) is 11.1 Å². The van der Waals surface area contributed by atoms with Gasteiger partial charge in [-0.2, -0.15) is 0 Å². The first kappa shape index (κ1) is 15.3. The van der Waals surface area contributed by atoms with Gasteiger partial charge >= 0.3 is 0 Å². The van der Waals surface area contributed by atoms with Crippen LogP contribution in [-0.2, 0) is 10.4 Å². The molecule has 4 rings (SSSR count). The number of aliphatic hydroxyl groups is 1. The number of amides is 1. The van der Waals surface area contributed by atoms with Crippen molar-refractivity contribution < 1.29 is 14.7 Å². The molecule has 0 saturated carbocycles. The summed E-state index contributed by atoms with van der Waals surface area (Å²) in [7, 11) is 0. The SMILES string of the molecule is O=C1Nc2c(cccc2-c2ccccc2)C(=O)[C@@]1(O)c1ccccc1. The van der Waals surface area contributed by atoms with Gasteiger partial charge in [0.15, 0.2) is 0 Å². The van der Waals surface area contributed by atoms with Gasteiger partial charge in [-0.15, -0.1) is 0 Å². The minimum atomic E-state index is -2.22. The molecule has 122 valence electrons. The van der Waals surface area contributed by atoms with Gasteiger partial charge < -0.3 is 10.4 Å². The van der Waals surface area contributed by atoms with Crippen LogP contribution in [-0.4, -0.2) is 16.8 Å². The molecule has 25 heavy (non-hydrogen) atoms. The van der Waals surface area contributed by atoms with E-state index in [1.807, 2.05) is 36.4 Å². The number of hydrogen-bond donors (Lipinski definition) is 2. The predicted octanol–water partition coefficient (Wildman–Crippen LogP) is 3.38. The molecule has 1 aliphatic heterocycles. The molecule has 0 fully saturated rings. The van der Waals surface area contributed by atoms with E-state index in [4.69, 9.17) is 0 Å². The molecule has 4 nitrogen and oxygen atoms in total. The maximum absolute atomic E-state index is 13.0. The van der Waals surface area contributed by atoms with E-state index in [2.05, 4.69) is 5.32 Å². The third-order valence-corrected chi connectivity index (χ3v) is 4.48. The van der Waals surface area contributed by atoms with Crippen molar-refractivity contribution >= 4 is 17.4 Å². The Morgan fingerprint density at radius 3 is 2.00 bits per heavy atom. The summed E-state index contributed by atoms with van der Waals surface area (Å²) < 4.78 is 0. The van der Waals surface area contributed by atoms with Crippen molar-refractivity contribution in [1.29, 1.82) is 0 Å². The standard InChI is InChI=1S/C21H15NO3/c23-19-17-13-7-12-16(14-8-3-1-4-9-14)18(17)22-20(24)21(19,25)15-10-5-2-6-11-15/h1-13,25H,(H,22,24)/t21-/m0/s1. The smallest absolute Gasteiger partial charge is 0.269 e. The topological polar surface area (TPSA) is 66.4 Å². The first-order chi connectivity index (χ1) is 12.1. The molecular formula is C21H15NO3. The zero-order chi connectivity index (χ0) is 17.4. The molecule has 0 spiro atoms. The van der Waals surface area contributed by atoms with Crippen LogP contribution in [0.15, 0.2) is 78.9 Å². The summed E-state index contributed by atoms with van der Waals surface area (Å²) in [5.74, 6) is -1.35. The molecule has 0 aliphatic carbocycles. The van der Waals surface area contributed by atoms with E-state index in [9.17, 15) is 14.7 Å². The van der Waals surface area contributed by atoms with Gasteiger partial charge in [0, 0.05) is 16.7 Å². The Bertz CT molecular complexity index is 967. The van der Waals surface area contributed by atoms with Crippen LogP contribution in [0.1, 0.15) is 15.9 Å². The molecule has 0 bridgehead atoms. The monoisotopic (exact) mass is 329 g/mol. The van der Waals surface area contributed by atoms with E-state index in [0.29, 0.717) is 11.3 Å². The predicted molar refractivity (Wildman–Crippen MR) is 95.2 cm³/mol. The zero-order valence-electron chi connectivity index (χ0n) is 13.3. The summed E-state index contributed by atoms with van der Waals surface area (Å²) in [5.41, 5.74) is 0.404. The lowest BCUT2D eigenvalue weighted by Gasteiger charge is -2.32. The number of benzene rings is 3. The third kappa shape index (κ3) is 2.27. The van der Waals surface area contributed by atoms with Gasteiger partial charge in [0.25, 0.3) is 5.91 Å². The van der Waals surface area contributed by atoms with Crippen molar-refractivity contribution in [2.75, 3.05) is 5.32 Å². The second-order valence-electron chi connectivity index (χ2n) is 5.95. The highest BCUT2D eigenvalue weighted by Gasteiger charge is 2.50. The average molecular weight is 329 g/mol. The Kier molecular flexibility index (Phi) is 3.48. The van der Waals surface area contributed by atoms with Crippen LogP contribution in [0.3, 0.4) is 0 Å². The average Bonchev–Trinajstić information content (AvgIpc) is 2.67. The fourth-order valence-corrected chi connectivity index (χ4v) is 3.18. The molecule has 1 aliphatic rings. The number of ketones is 1. The normalized spacial score (nSPS) is 19.2. The van der Waals surface area contributed by atoms with Gasteiger partial charge in [-0.1, -0.05) is 72.8 Å². The van der Waals surface area contributed by atoms with Crippen LogP contribution in [0, 0.1) is 0 Å². The van der Waals surface area contributed by atoms with Crippen LogP contribution in [0.5, 0.6) is 0 Å².